The van der Waals surface area contributed by atoms with Crippen LogP contribution in [0.5, 0.6) is 0 Å². The number of halogens is 3. The van der Waals surface area contributed by atoms with Crippen LogP contribution in [0.15, 0.2) is 236 Å². The molecule has 0 amide bonds. The summed E-state index contributed by atoms with van der Waals surface area (Å²) in [6, 6.07) is 74.6. The molecule has 0 saturated heterocycles. The molecule has 0 saturated carbocycles. The number of aromatic nitrogens is 2. The summed E-state index contributed by atoms with van der Waals surface area (Å²) in [4.78, 5) is 0. The Balaban J connectivity index is 0.000000117. The topological polar surface area (TPSA) is 76.6 Å². The van der Waals surface area contributed by atoms with Gasteiger partial charge in [0, 0.05) is 67.0 Å². The Morgan fingerprint density at radius 2 is 0.814 bits per heavy atom. The average molecular weight is 1150 g/mol. The molecule has 70 heavy (non-hydrogen) atoms. The first-order chi connectivity index (χ1) is 34.3. The van der Waals surface area contributed by atoms with Crippen molar-refractivity contribution in [1.82, 2.24) is 9.13 Å². The van der Waals surface area contributed by atoms with Gasteiger partial charge in [-0.25, -0.2) is 0 Å². The Morgan fingerprint density at radius 3 is 1.37 bits per heavy atom. The maximum absolute atomic E-state index is 9.43. The summed E-state index contributed by atoms with van der Waals surface area (Å²) in [7, 11) is -1.46. The van der Waals surface area contributed by atoms with Crippen LogP contribution in [0.2, 0.25) is 0 Å². The van der Waals surface area contributed by atoms with Gasteiger partial charge in [0.25, 0.3) is 0 Å². The Labute approximate surface area is 432 Å². The Kier molecular flexibility index (Phi) is 11.7. The molecule has 0 fully saturated rings. The SMILES string of the molecule is Brc1cccc2oc3ccc(-c4ccc5c(c4)c4ccccc4n5-c4ccccc4)cc3c12.Brc1cccc2oc3ccc(I)cc3c12.OB(O)c1ccc2c(c1)c1ccccc1n2-c1ccccc1. The van der Waals surface area contributed by atoms with Gasteiger partial charge in [-0.2, -0.15) is 0 Å². The Morgan fingerprint density at radius 1 is 0.371 bits per heavy atom. The van der Waals surface area contributed by atoms with Crippen molar-refractivity contribution in [3.8, 4) is 22.5 Å². The van der Waals surface area contributed by atoms with Crippen molar-refractivity contribution in [3.63, 3.8) is 0 Å². The van der Waals surface area contributed by atoms with Crippen molar-refractivity contribution in [3.05, 3.63) is 231 Å². The molecule has 0 radical (unpaired) electrons. The van der Waals surface area contributed by atoms with E-state index in [9.17, 15) is 10.0 Å². The standard InChI is InChI=1S/C30H18BrNO.C18H14BNO2.C12H6BrIO/c31-25-10-6-12-29-30(25)24-18-20(14-16-28(24)33-29)19-13-15-27-23(17-19)22-9-4-5-11-26(22)32(27)21-7-2-1-3-8-21;21-19(22)13-10-11-18-16(12-13)15-8-4-5-9-17(15)20(18)14-6-2-1-3-7-14;13-9-2-1-3-11-12(9)8-6-7(14)4-5-10(8)15-11/h1-18H;1-12,21-22H;1-6H. The van der Waals surface area contributed by atoms with Gasteiger partial charge < -0.3 is 28.0 Å². The minimum atomic E-state index is -1.46. The van der Waals surface area contributed by atoms with E-state index in [-0.39, 0.29) is 0 Å². The lowest BCUT2D eigenvalue weighted by Gasteiger charge is -2.08. The van der Waals surface area contributed by atoms with Crippen molar-refractivity contribution in [2.24, 2.45) is 0 Å². The van der Waals surface area contributed by atoms with Crippen LogP contribution in [-0.2, 0) is 0 Å². The summed E-state index contributed by atoms with van der Waals surface area (Å²) in [5.41, 5.74) is 13.4. The smallest absolute Gasteiger partial charge is 0.456 e. The van der Waals surface area contributed by atoms with Gasteiger partial charge in [0.2, 0.25) is 0 Å². The molecule has 0 aliphatic carbocycles. The molecule has 336 valence electrons. The van der Waals surface area contributed by atoms with Gasteiger partial charge in [0.05, 0.1) is 22.1 Å². The van der Waals surface area contributed by atoms with Crippen LogP contribution in [0.3, 0.4) is 0 Å². The quantitative estimate of drug-likeness (QED) is 0.136. The number of hydrogen-bond acceptors (Lipinski definition) is 4. The van der Waals surface area contributed by atoms with E-state index in [1.807, 2.05) is 78.9 Å². The second-order valence-corrected chi connectivity index (χ2v) is 20.0. The molecule has 14 aromatic rings. The van der Waals surface area contributed by atoms with Crippen LogP contribution in [0, 0.1) is 3.57 Å². The first-order valence-corrected chi connectivity index (χ1v) is 25.4. The fraction of sp³-hybridized carbons (Fsp3) is 0. The fourth-order valence-corrected chi connectivity index (χ4v) is 11.3. The molecule has 4 heterocycles. The molecule has 14 rings (SSSR count). The van der Waals surface area contributed by atoms with Crippen molar-refractivity contribution in [2.45, 2.75) is 0 Å². The van der Waals surface area contributed by atoms with Gasteiger partial charge >= 0.3 is 7.12 Å². The highest BCUT2D eigenvalue weighted by molar-refractivity contribution is 14.1. The first-order valence-electron chi connectivity index (χ1n) is 22.7. The third kappa shape index (κ3) is 7.90. The van der Waals surface area contributed by atoms with Crippen molar-refractivity contribution >= 4 is 155 Å². The molecule has 0 atom stereocenters. The van der Waals surface area contributed by atoms with Crippen molar-refractivity contribution in [2.75, 3.05) is 0 Å². The maximum Gasteiger partial charge on any atom is 0.488 e. The summed E-state index contributed by atoms with van der Waals surface area (Å²) in [6.45, 7) is 0. The molecular weight excluding hydrogens is 1110 g/mol. The zero-order valence-electron chi connectivity index (χ0n) is 37.1. The van der Waals surface area contributed by atoms with E-state index in [1.165, 1.54) is 47.6 Å². The number of fused-ring (bicyclic) bond motifs is 12. The van der Waals surface area contributed by atoms with E-state index in [4.69, 9.17) is 8.83 Å². The highest BCUT2D eigenvalue weighted by Gasteiger charge is 2.18. The summed E-state index contributed by atoms with van der Waals surface area (Å²) in [5, 5.41) is 28.1. The second-order valence-electron chi connectivity index (χ2n) is 17.0. The molecule has 6 nitrogen and oxygen atoms in total. The fourth-order valence-electron chi connectivity index (χ4n) is 9.73. The van der Waals surface area contributed by atoms with Crippen molar-refractivity contribution in [1.29, 1.82) is 0 Å². The highest BCUT2D eigenvalue weighted by Crippen LogP contribution is 2.40. The van der Waals surface area contributed by atoms with Gasteiger partial charge in [0.1, 0.15) is 22.3 Å². The van der Waals surface area contributed by atoms with Crippen molar-refractivity contribution < 1.29 is 18.9 Å². The van der Waals surface area contributed by atoms with E-state index >= 15 is 0 Å². The van der Waals surface area contributed by atoms with E-state index < -0.39 is 7.12 Å². The van der Waals surface area contributed by atoms with Crippen LogP contribution in [-0.4, -0.2) is 26.3 Å². The largest absolute Gasteiger partial charge is 0.488 e. The van der Waals surface area contributed by atoms with Gasteiger partial charge in [-0.1, -0.05) is 141 Å². The van der Waals surface area contributed by atoms with Crippen LogP contribution in [0.4, 0.5) is 0 Å². The number of benzene rings is 10. The lowest BCUT2D eigenvalue weighted by molar-refractivity contribution is 0.426. The van der Waals surface area contributed by atoms with Crippen LogP contribution in [0.25, 0.3) is 110 Å². The van der Waals surface area contributed by atoms with Gasteiger partial charge in [0.15, 0.2) is 0 Å². The number of furan rings is 2. The molecule has 10 heteroatoms. The van der Waals surface area contributed by atoms with Crippen LogP contribution >= 0.6 is 54.5 Å². The third-order valence-electron chi connectivity index (χ3n) is 12.9. The summed E-state index contributed by atoms with van der Waals surface area (Å²) >= 11 is 9.57. The predicted molar refractivity (Wildman–Crippen MR) is 306 cm³/mol. The molecule has 0 bridgehead atoms. The lowest BCUT2D eigenvalue weighted by Crippen LogP contribution is -2.29. The zero-order valence-corrected chi connectivity index (χ0v) is 42.4. The van der Waals surface area contributed by atoms with E-state index in [2.05, 4.69) is 197 Å². The van der Waals surface area contributed by atoms with E-state index in [0.29, 0.717) is 5.46 Å². The van der Waals surface area contributed by atoms with Crippen LogP contribution < -0.4 is 5.46 Å². The summed E-state index contributed by atoms with van der Waals surface area (Å²) < 4.78 is 19.7. The zero-order chi connectivity index (χ0) is 47.5. The number of nitrogens with zero attached hydrogens (tertiary/aromatic N) is 2. The molecule has 0 spiro atoms. The Hall–Kier alpha value is -6.93. The molecule has 0 unspecified atom stereocenters. The number of hydrogen-bond donors (Lipinski definition) is 2. The van der Waals surface area contributed by atoms with Gasteiger partial charge in [-0.3, -0.25) is 0 Å². The molecule has 2 N–H and O–H groups in total. The normalized spacial score (nSPS) is 11.5. The first kappa shape index (κ1) is 44.3. The van der Waals surface area contributed by atoms with Gasteiger partial charge in [-0.05, 0) is 148 Å². The second kappa shape index (κ2) is 18.4. The average Bonchev–Trinajstić information content (AvgIpc) is 4.15. The molecule has 0 aliphatic rings. The lowest BCUT2D eigenvalue weighted by atomic mass is 9.80. The predicted octanol–water partition coefficient (Wildman–Crippen LogP) is 16.5. The van der Waals surface area contributed by atoms with E-state index in [0.717, 1.165) is 74.9 Å². The number of para-hydroxylation sites is 4. The van der Waals surface area contributed by atoms with Crippen LogP contribution in [0.1, 0.15) is 0 Å². The monoisotopic (exact) mass is 1150 g/mol. The molecule has 10 aromatic carbocycles. The summed E-state index contributed by atoms with van der Waals surface area (Å²) in [6.07, 6.45) is 0. The molecular formula is C60H38BBr2IN2O4. The Bertz CT molecular complexity index is 4280. The highest BCUT2D eigenvalue weighted by atomic mass is 127. The van der Waals surface area contributed by atoms with Gasteiger partial charge in [-0.15, -0.1) is 0 Å². The number of rotatable bonds is 4. The molecule has 0 aliphatic heterocycles. The maximum atomic E-state index is 9.43. The molecule has 4 aromatic heterocycles. The minimum Gasteiger partial charge on any atom is -0.456 e. The minimum absolute atomic E-state index is 0.503. The summed E-state index contributed by atoms with van der Waals surface area (Å²) in [5.74, 6) is 0. The van der Waals surface area contributed by atoms with E-state index in [1.54, 1.807) is 6.07 Å². The third-order valence-corrected chi connectivity index (χ3v) is 14.9.